The Labute approximate surface area is 159 Å². The molecule has 2 amide bonds. The van der Waals surface area contributed by atoms with Crippen LogP contribution >= 0.6 is 0 Å². The third-order valence-electron chi connectivity index (χ3n) is 3.88. The molecule has 2 N–H and O–H groups in total. The molecule has 0 bridgehead atoms. The van der Waals surface area contributed by atoms with Crippen molar-refractivity contribution in [3.63, 3.8) is 0 Å². The first-order valence-electron chi connectivity index (χ1n) is 8.57. The molecular weight excluding hydrogens is 344 g/mol. The van der Waals surface area contributed by atoms with Crippen LogP contribution < -0.4 is 20.1 Å². The normalized spacial score (nSPS) is 10.5. The lowest BCUT2D eigenvalue weighted by Gasteiger charge is -2.13. The van der Waals surface area contributed by atoms with Crippen molar-refractivity contribution in [3.8, 4) is 11.5 Å². The van der Waals surface area contributed by atoms with Crippen molar-refractivity contribution in [2.45, 2.75) is 13.3 Å². The zero-order valence-electron chi connectivity index (χ0n) is 15.7. The molecule has 2 rings (SSSR count). The molecule has 0 aliphatic heterocycles. The Bertz CT molecular complexity index is 816. The number of carbonyl (C=O) groups is 2. The van der Waals surface area contributed by atoms with Crippen LogP contribution in [0.15, 0.2) is 48.5 Å². The highest BCUT2D eigenvalue weighted by atomic mass is 16.5. The van der Waals surface area contributed by atoms with E-state index in [1.54, 1.807) is 25.3 Å². The summed E-state index contributed by atoms with van der Waals surface area (Å²) in [6, 6.07) is 13.0. The van der Waals surface area contributed by atoms with E-state index in [2.05, 4.69) is 10.6 Å². The van der Waals surface area contributed by atoms with E-state index < -0.39 is 0 Å². The van der Waals surface area contributed by atoms with Crippen LogP contribution in [0.25, 0.3) is 6.08 Å². The molecule has 0 aliphatic rings. The molecule has 0 aliphatic carbocycles. The molecule has 2 aromatic rings. The quantitative estimate of drug-likeness (QED) is 0.702. The average molecular weight is 368 g/mol. The van der Waals surface area contributed by atoms with Crippen molar-refractivity contribution in [1.82, 2.24) is 5.32 Å². The molecule has 0 spiro atoms. The zero-order valence-corrected chi connectivity index (χ0v) is 15.7. The molecule has 142 valence electrons. The van der Waals surface area contributed by atoms with Crippen LogP contribution in [-0.4, -0.2) is 32.6 Å². The van der Waals surface area contributed by atoms with E-state index in [0.717, 1.165) is 11.1 Å². The summed E-state index contributed by atoms with van der Waals surface area (Å²) in [5.41, 5.74) is 2.44. The first-order valence-corrected chi connectivity index (χ1v) is 8.57. The maximum absolute atomic E-state index is 12.1. The second-order valence-corrected chi connectivity index (χ2v) is 5.86. The summed E-state index contributed by atoms with van der Waals surface area (Å²) in [5, 5.41) is 5.52. The lowest BCUT2D eigenvalue weighted by Crippen LogP contribution is -2.26. The Hall–Kier alpha value is -3.28. The van der Waals surface area contributed by atoms with Gasteiger partial charge in [-0.25, -0.2) is 0 Å². The summed E-state index contributed by atoms with van der Waals surface area (Å²) >= 11 is 0. The molecule has 27 heavy (non-hydrogen) atoms. The fourth-order valence-electron chi connectivity index (χ4n) is 2.42. The molecular formula is C21H24N2O4. The van der Waals surface area contributed by atoms with Crippen LogP contribution in [0.1, 0.15) is 17.5 Å². The summed E-state index contributed by atoms with van der Waals surface area (Å²) < 4.78 is 10.5. The van der Waals surface area contributed by atoms with E-state index in [1.807, 2.05) is 37.3 Å². The van der Waals surface area contributed by atoms with Gasteiger partial charge < -0.3 is 20.1 Å². The summed E-state index contributed by atoms with van der Waals surface area (Å²) in [6.45, 7) is 2.11. The number of aryl methyl sites for hydroxylation is 1. The highest BCUT2D eigenvalue weighted by Crippen LogP contribution is 2.32. The topological polar surface area (TPSA) is 76.7 Å². The standard InChI is InChI=1S/C21H24N2O4/c1-15-13-18(26-2)19(27-3)14-17(15)23-21(25)11-12-22-20(24)10-9-16-7-5-4-6-8-16/h4-10,13-14H,11-12H2,1-3H3,(H,22,24)(H,23,25). The lowest BCUT2D eigenvalue weighted by molar-refractivity contribution is -0.117. The van der Waals surface area contributed by atoms with Gasteiger partial charge in [-0.05, 0) is 30.2 Å². The monoisotopic (exact) mass is 368 g/mol. The van der Waals surface area contributed by atoms with Crippen LogP contribution in [0.2, 0.25) is 0 Å². The number of anilines is 1. The van der Waals surface area contributed by atoms with E-state index in [4.69, 9.17) is 9.47 Å². The second kappa shape index (κ2) is 10.0. The van der Waals surface area contributed by atoms with Gasteiger partial charge >= 0.3 is 0 Å². The Kier molecular flexibility index (Phi) is 7.43. The number of rotatable bonds is 8. The van der Waals surface area contributed by atoms with Crippen LogP contribution in [0.4, 0.5) is 5.69 Å². The molecule has 0 heterocycles. The minimum atomic E-state index is -0.242. The second-order valence-electron chi connectivity index (χ2n) is 5.86. The van der Waals surface area contributed by atoms with Gasteiger partial charge in [0, 0.05) is 30.8 Å². The third kappa shape index (κ3) is 6.18. The van der Waals surface area contributed by atoms with Crippen LogP contribution in [0.5, 0.6) is 11.5 Å². The minimum absolute atomic E-state index is 0.165. The molecule has 6 heteroatoms. The lowest BCUT2D eigenvalue weighted by atomic mass is 10.1. The number of ether oxygens (including phenoxy) is 2. The van der Waals surface area contributed by atoms with Gasteiger partial charge in [-0.3, -0.25) is 9.59 Å². The van der Waals surface area contributed by atoms with Gasteiger partial charge in [0.05, 0.1) is 14.2 Å². The smallest absolute Gasteiger partial charge is 0.244 e. The van der Waals surface area contributed by atoms with Gasteiger partial charge in [-0.1, -0.05) is 30.3 Å². The fraction of sp³-hybridized carbons (Fsp3) is 0.238. The number of amides is 2. The Morgan fingerprint density at radius 2 is 1.70 bits per heavy atom. The Morgan fingerprint density at radius 3 is 2.37 bits per heavy atom. The van der Waals surface area contributed by atoms with E-state index in [9.17, 15) is 9.59 Å². The van der Waals surface area contributed by atoms with E-state index in [1.165, 1.54) is 13.2 Å². The van der Waals surface area contributed by atoms with Gasteiger partial charge in [0.25, 0.3) is 0 Å². The zero-order chi connectivity index (χ0) is 19.6. The van der Waals surface area contributed by atoms with Crippen molar-refractivity contribution in [3.05, 3.63) is 59.7 Å². The molecule has 2 aromatic carbocycles. The predicted octanol–water partition coefficient (Wildman–Crippen LogP) is 3.17. The van der Waals surface area contributed by atoms with E-state index in [0.29, 0.717) is 17.2 Å². The molecule has 0 fully saturated rings. The first kappa shape index (κ1) is 20.0. The molecule has 0 radical (unpaired) electrons. The summed E-state index contributed by atoms with van der Waals surface area (Å²) in [7, 11) is 3.10. The number of methoxy groups -OCH3 is 2. The van der Waals surface area contributed by atoms with E-state index >= 15 is 0 Å². The van der Waals surface area contributed by atoms with Crippen molar-refractivity contribution in [1.29, 1.82) is 0 Å². The number of hydrogen-bond acceptors (Lipinski definition) is 4. The van der Waals surface area contributed by atoms with Crippen LogP contribution in [0, 0.1) is 6.92 Å². The van der Waals surface area contributed by atoms with Gasteiger partial charge in [0.15, 0.2) is 11.5 Å². The van der Waals surface area contributed by atoms with Gasteiger partial charge in [0.2, 0.25) is 11.8 Å². The minimum Gasteiger partial charge on any atom is -0.493 e. The van der Waals surface area contributed by atoms with E-state index in [-0.39, 0.29) is 24.8 Å². The van der Waals surface area contributed by atoms with Gasteiger partial charge in [0.1, 0.15) is 0 Å². The number of nitrogens with one attached hydrogen (secondary N) is 2. The van der Waals surface area contributed by atoms with Crippen molar-refractivity contribution < 1.29 is 19.1 Å². The number of hydrogen-bond donors (Lipinski definition) is 2. The molecule has 0 saturated heterocycles. The van der Waals surface area contributed by atoms with Crippen molar-refractivity contribution in [2.24, 2.45) is 0 Å². The summed E-state index contributed by atoms with van der Waals surface area (Å²) in [4.78, 5) is 23.9. The summed E-state index contributed by atoms with van der Waals surface area (Å²) in [6.07, 6.45) is 3.34. The SMILES string of the molecule is COc1cc(C)c(NC(=O)CCNC(=O)C=Cc2ccccc2)cc1OC. The molecule has 6 nitrogen and oxygen atoms in total. The van der Waals surface area contributed by atoms with Crippen molar-refractivity contribution >= 4 is 23.6 Å². The highest BCUT2D eigenvalue weighted by Gasteiger charge is 2.11. The maximum atomic E-state index is 12.1. The number of benzene rings is 2. The van der Waals surface area contributed by atoms with Gasteiger partial charge in [-0.2, -0.15) is 0 Å². The Morgan fingerprint density at radius 1 is 1.04 bits per heavy atom. The number of carbonyl (C=O) groups excluding carboxylic acids is 2. The predicted molar refractivity (Wildman–Crippen MR) is 106 cm³/mol. The van der Waals surface area contributed by atoms with Crippen LogP contribution in [-0.2, 0) is 9.59 Å². The van der Waals surface area contributed by atoms with Crippen LogP contribution in [0.3, 0.4) is 0 Å². The molecule has 0 aromatic heterocycles. The molecule has 0 saturated carbocycles. The highest BCUT2D eigenvalue weighted by molar-refractivity contribution is 5.94. The molecule has 0 unspecified atom stereocenters. The summed E-state index contributed by atoms with van der Waals surface area (Å²) in [5.74, 6) is 0.704. The molecule has 0 atom stereocenters. The maximum Gasteiger partial charge on any atom is 0.244 e. The Balaban J connectivity index is 1.82. The fourth-order valence-corrected chi connectivity index (χ4v) is 2.42. The first-order chi connectivity index (χ1) is 13.0. The largest absolute Gasteiger partial charge is 0.493 e. The third-order valence-corrected chi connectivity index (χ3v) is 3.88. The van der Waals surface area contributed by atoms with Gasteiger partial charge in [-0.15, -0.1) is 0 Å². The average Bonchev–Trinajstić information content (AvgIpc) is 2.68. The van der Waals surface area contributed by atoms with Crippen molar-refractivity contribution in [2.75, 3.05) is 26.1 Å².